The maximum absolute atomic E-state index is 12.1. The van der Waals surface area contributed by atoms with Gasteiger partial charge in [0, 0.05) is 6.54 Å². The van der Waals surface area contributed by atoms with Crippen LogP contribution in [0.1, 0.15) is 36.9 Å². The Kier molecular flexibility index (Phi) is 4.56. The van der Waals surface area contributed by atoms with Crippen molar-refractivity contribution in [1.82, 2.24) is 5.32 Å². The van der Waals surface area contributed by atoms with E-state index in [1.165, 1.54) is 5.56 Å². The van der Waals surface area contributed by atoms with Crippen molar-refractivity contribution in [1.29, 1.82) is 0 Å². The molecule has 0 radical (unpaired) electrons. The van der Waals surface area contributed by atoms with E-state index in [4.69, 9.17) is 10.5 Å². The smallest absolute Gasteiger partial charge is 0.249 e. The van der Waals surface area contributed by atoms with Crippen LogP contribution >= 0.6 is 0 Å². The average Bonchev–Trinajstić information content (AvgIpc) is 2.88. The van der Waals surface area contributed by atoms with E-state index in [9.17, 15) is 4.79 Å². The summed E-state index contributed by atoms with van der Waals surface area (Å²) in [5, 5.41) is 3.02. The molecule has 1 amide bonds. The number of carbonyl (C=O) groups is 1. The summed E-state index contributed by atoms with van der Waals surface area (Å²) in [6, 6.07) is 8.07. The normalized spacial score (nSPS) is 24.2. The molecule has 1 aromatic carbocycles. The first-order valence-corrected chi connectivity index (χ1v) is 6.83. The number of amides is 1. The van der Waals surface area contributed by atoms with Gasteiger partial charge in [0.15, 0.2) is 0 Å². The third-order valence-corrected chi connectivity index (χ3v) is 3.68. The van der Waals surface area contributed by atoms with Crippen LogP contribution in [-0.4, -0.2) is 24.7 Å². The van der Waals surface area contributed by atoms with Crippen LogP contribution in [0.15, 0.2) is 24.3 Å². The van der Waals surface area contributed by atoms with Gasteiger partial charge in [-0.1, -0.05) is 24.3 Å². The van der Waals surface area contributed by atoms with Crippen molar-refractivity contribution in [2.45, 2.75) is 44.9 Å². The Balaban J connectivity index is 1.94. The standard InChI is InChI=1S/C15H22N2O2/c1-10-5-3-4-6-13(10)11(2)17-15(18)14-8-7-12(9-16)19-14/h3-6,11-12,14H,7-9,16H2,1-2H3,(H,17,18)/t11-,12?,14?/m1/s1. The highest BCUT2D eigenvalue weighted by atomic mass is 16.5. The molecule has 1 aliphatic heterocycles. The molecular weight excluding hydrogens is 240 g/mol. The molecular formula is C15H22N2O2. The van der Waals surface area contributed by atoms with Gasteiger partial charge in [0.1, 0.15) is 6.10 Å². The molecule has 1 aromatic rings. The molecule has 1 heterocycles. The van der Waals surface area contributed by atoms with Crippen molar-refractivity contribution in [3.05, 3.63) is 35.4 Å². The lowest BCUT2D eigenvalue weighted by Crippen LogP contribution is -2.37. The summed E-state index contributed by atoms with van der Waals surface area (Å²) < 4.78 is 5.60. The molecule has 104 valence electrons. The summed E-state index contributed by atoms with van der Waals surface area (Å²) in [4.78, 5) is 12.1. The highest BCUT2D eigenvalue weighted by Crippen LogP contribution is 2.21. The van der Waals surface area contributed by atoms with Gasteiger partial charge in [0.2, 0.25) is 5.91 Å². The zero-order valence-electron chi connectivity index (χ0n) is 11.6. The van der Waals surface area contributed by atoms with Crippen molar-refractivity contribution in [2.24, 2.45) is 5.73 Å². The summed E-state index contributed by atoms with van der Waals surface area (Å²) in [6.07, 6.45) is 1.31. The summed E-state index contributed by atoms with van der Waals surface area (Å²) in [7, 11) is 0. The monoisotopic (exact) mass is 262 g/mol. The van der Waals surface area contributed by atoms with Crippen LogP contribution in [-0.2, 0) is 9.53 Å². The molecule has 3 atom stereocenters. The fourth-order valence-electron chi connectivity index (χ4n) is 2.53. The number of aryl methyl sites for hydroxylation is 1. The summed E-state index contributed by atoms with van der Waals surface area (Å²) >= 11 is 0. The average molecular weight is 262 g/mol. The van der Waals surface area contributed by atoms with Gasteiger partial charge >= 0.3 is 0 Å². The second kappa shape index (κ2) is 6.17. The minimum atomic E-state index is -0.347. The minimum absolute atomic E-state index is 0.00535. The van der Waals surface area contributed by atoms with E-state index in [0.717, 1.165) is 18.4 Å². The molecule has 0 bridgehead atoms. The van der Waals surface area contributed by atoms with Gasteiger partial charge in [-0.2, -0.15) is 0 Å². The second-order valence-corrected chi connectivity index (χ2v) is 5.15. The Labute approximate surface area is 114 Å². The highest BCUT2D eigenvalue weighted by Gasteiger charge is 2.30. The van der Waals surface area contributed by atoms with E-state index in [1.54, 1.807) is 0 Å². The predicted octanol–water partition coefficient (Wildman–Crippen LogP) is 1.68. The lowest BCUT2D eigenvalue weighted by Gasteiger charge is -2.19. The van der Waals surface area contributed by atoms with Gasteiger partial charge in [-0.15, -0.1) is 0 Å². The molecule has 1 fully saturated rings. The van der Waals surface area contributed by atoms with E-state index in [0.29, 0.717) is 6.54 Å². The number of rotatable bonds is 4. The molecule has 0 saturated carbocycles. The van der Waals surface area contributed by atoms with Crippen LogP contribution < -0.4 is 11.1 Å². The Morgan fingerprint density at radius 1 is 1.47 bits per heavy atom. The van der Waals surface area contributed by atoms with Crippen molar-refractivity contribution in [2.75, 3.05) is 6.54 Å². The van der Waals surface area contributed by atoms with Gasteiger partial charge in [0.05, 0.1) is 12.1 Å². The topological polar surface area (TPSA) is 64.4 Å². The fourth-order valence-corrected chi connectivity index (χ4v) is 2.53. The van der Waals surface area contributed by atoms with E-state index < -0.39 is 0 Å². The maximum atomic E-state index is 12.1. The largest absolute Gasteiger partial charge is 0.364 e. The van der Waals surface area contributed by atoms with Crippen LogP contribution in [0.25, 0.3) is 0 Å². The first kappa shape index (κ1) is 14.0. The van der Waals surface area contributed by atoms with E-state index in [-0.39, 0.29) is 24.2 Å². The number of ether oxygens (including phenoxy) is 1. The van der Waals surface area contributed by atoms with E-state index >= 15 is 0 Å². The lowest BCUT2D eigenvalue weighted by atomic mass is 10.0. The molecule has 0 aliphatic carbocycles. The highest BCUT2D eigenvalue weighted by molar-refractivity contribution is 5.81. The molecule has 19 heavy (non-hydrogen) atoms. The van der Waals surface area contributed by atoms with Crippen LogP contribution in [0.5, 0.6) is 0 Å². The third-order valence-electron chi connectivity index (χ3n) is 3.68. The van der Waals surface area contributed by atoms with Gasteiger partial charge in [-0.3, -0.25) is 4.79 Å². The Hall–Kier alpha value is -1.39. The molecule has 4 heteroatoms. The SMILES string of the molecule is Cc1ccccc1[C@@H](C)NC(=O)C1CCC(CN)O1. The van der Waals surface area contributed by atoms with Crippen LogP contribution in [0.2, 0.25) is 0 Å². The first-order valence-electron chi connectivity index (χ1n) is 6.83. The van der Waals surface area contributed by atoms with Crippen molar-refractivity contribution >= 4 is 5.91 Å². The lowest BCUT2D eigenvalue weighted by molar-refractivity contribution is -0.132. The number of nitrogens with two attached hydrogens (primary N) is 1. The third kappa shape index (κ3) is 3.33. The molecule has 1 saturated heterocycles. The molecule has 2 rings (SSSR count). The second-order valence-electron chi connectivity index (χ2n) is 5.15. The number of hydrogen-bond donors (Lipinski definition) is 2. The van der Waals surface area contributed by atoms with Crippen LogP contribution in [0.4, 0.5) is 0 Å². The van der Waals surface area contributed by atoms with E-state index in [2.05, 4.69) is 18.3 Å². The molecule has 0 spiro atoms. The maximum Gasteiger partial charge on any atom is 0.249 e. The zero-order valence-corrected chi connectivity index (χ0v) is 11.6. The van der Waals surface area contributed by atoms with Gasteiger partial charge in [-0.05, 0) is 37.8 Å². The Bertz CT molecular complexity index is 448. The van der Waals surface area contributed by atoms with Crippen molar-refractivity contribution in [3.8, 4) is 0 Å². The first-order chi connectivity index (χ1) is 9.11. The Morgan fingerprint density at radius 3 is 2.84 bits per heavy atom. The van der Waals surface area contributed by atoms with E-state index in [1.807, 2.05) is 25.1 Å². The summed E-state index contributed by atoms with van der Waals surface area (Å²) in [6.45, 7) is 4.53. The zero-order chi connectivity index (χ0) is 13.8. The molecule has 3 N–H and O–H groups in total. The molecule has 2 unspecified atom stereocenters. The summed E-state index contributed by atoms with van der Waals surface area (Å²) in [5.74, 6) is -0.0355. The molecule has 4 nitrogen and oxygen atoms in total. The quantitative estimate of drug-likeness (QED) is 0.867. The molecule has 1 aliphatic rings. The van der Waals surface area contributed by atoms with Gasteiger partial charge in [0.25, 0.3) is 0 Å². The fraction of sp³-hybridized carbons (Fsp3) is 0.533. The predicted molar refractivity (Wildman–Crippen MR) is 74.7 cm³/mol. The summed E-state index contributed by atoms with van der Waals surface area (Å²) in [5.41, 5.74) is 7.88. The van der Waals surface area contributed by atoms with Gasteiger partial charge < -0.3 is 15.8 Å². The molecule has 0 aromatic heterocycles. The number of nitrogens with one attached hydrogen (secondary N) is 1. The Morgan fingerprint density at radius 2 is 2.21 bits per heavy atom. The van der Waals surface area contributed by atoms with Crippen molar-refractivity contribution in [3.63, 3.8) is 0 Å². The van der Waals surface area contributed by atoms with Gasteiger partial charge in [-0.25, -0.2) is 0 Å². The minimum Gasteiger partial charge on any atom is -0.364 e. The number of benzene rings is 1. The number of hydrogen-bond acceptors (Lipinski definition) is 3. The van der Waals surface area contributed by atoms with Crippen LogP contribution in [0.3, 0.4) is 0 Å². The van der Waals surface area contributed by atoms with Crippen LogP contribution in [0, 0.1) is 6.92 Å². The van der Waals surface area contributed by atoms with Crippen molar-refractivity contribution < 1.29 is 9.53 Å². The number of carbonyl (C=O) groups excluding carboxylic acids is 1.